The van der Waals surface area contributed by atoms with E-state index in [0.29, 0.717) is 49.0 Å². The molecule has 3 aliphatic rings. The van der Waals surface area contributed by atoms with Crippen molar-refractivity contribution < 1.29 is 13.2 Å². The van der Waals surface area contributed by atoms with E-state index in [2.05, 4.69) is 19.2 Å². The molecule has 2 fully saturated rings. The molecule has 166 valence electrons. The summed E-state index contributed by atoms with van der Waals surface area (Å²) >= 11 is 0. The van der Waals surface area contributed by atoms with Crippen LogP contribution in [0.3, 0.4) is 0 Å². The predicted octanol–water partition coefficient (Wildman–Crippen LogP) is 3.16. The Morgan fingerprint density at radius 2 is 1.83 bits per heavy atom. The maximum atomic E-state index is 13.0. The summed E-state index contributed by atoms with van der Waals surface area (Å²) in [5.74, 6) is 1.35. The van der Waals surface area contributed by atoms with Gasteiger partial charge in [-0.25, -0.2) is 8.42 Å². The van der Waals surface area contributed by atoms with Gasteiger partial charge in [-0.2, -0.15) is 4.31 Å². The molecule has 1 aromatic carbocycles. The van der Waals surface area contributed by atoms with Crippen molar-refractivity contribution in [2.24, 2.45) is 11.8 Å². The van der Waals surface area contributed by atoms with Crippen molar-refractivity contribution in [3.63, 3.8) is 0 Å². The number of amides is 1. The van der Waals surface area contributed by atoms with Gasteiger partial charge in [0.15, 0.2) is 0 Å². The Morgan fingerprint density at radius 1 is 1.07 bits per heavy atom. The smallest absolute Gasteiger partial charge is 0.243 e. The van der Waals surface area contributed by atoms with E-state index in [1.807, 2.05) is 11.0 Å². The van der Waals surface area contributed by atoms with Gasteiger partial charge in [0, 0.05) is 31.4 Å². The molecule has 2 heterocycles. The van der Waals surface area contributed by atoms with Crippen LogP contribution in [0.25, 0.3) is 0 Å². The van der Waals surface area contributed by atoms with Gasteiger partial charge in [0.1, 0.15) is 0 Å². The highest BCUT2D eigenvalue weighted by molar-refractivity contribution is 7.89. The lowest BCUT2D eigenvalue weighted by molar-refractivity contribution is -0.118. The molecule has 7 heteroatoms. The van der Waals surface area contributed by atoms with Gasteiger partial charge in [0.05, 0.1) is 11.4 Å². The van der Waals surface area contributed by atoms with Crippen LogP contribution in [0.5, 0.6) is 0 Å². The second-order valence-electron chi connectivity index (χ2n) is 9.31. The van der Waals surface area contributed by atoms with Gasteiger partial charge in [-0.1, -0.05) is 26.7 Å². The van der Waals surface area contributed by atoms with Crippen LogP contribution in [0.15, 0.2) is 23.1 Å². The largest absolute Gasteiger partial charge is 0.311 e. The minimum atomic E-state index is -3.43. The molecule has 6 nitrogen and oxygen atoms in total. The zero-order chi connectivity index (χ0) is 21.3. The number of nitrogens with one attached hydrogen (secondary N) is 1. The molecular weight excluding hydrogens is 398 g/mol. The number of carbonyl (C=O) groups excluding carboxylic acids is 1. The fourth-order valence-corrected chi connectivity index (χ4v) is 6.82. The molecule has 1 aromatic rings. The molecule has 0 spiro atoms. The normalized spacial score (nSPS) is 27.8. The number of hydrogen-bond donors (Lipinski definition) is 1. The Morgan fingerprint density at radius 3 is 2.60 bits per heavy atom. The third kappa shape index (κ3) is 4.30. The predicted molar refractivity (Wildman–Crippen MR) is 119 cm³/mol. The molecule has 1 amide bonds. The van der Waals surface area contributed by atoms with E-state index < -0.39 is 10.0 Å². The van der Waals surface area contributed by atoms with Crippen LogP contribution in [0.4, 0.5) is 5.69 Å². The number of carbonyl (C=O) groups is 1. The van der Waals surface area contributed by atoms with Crippen LogP contribution in [0, 0.1) is 11.8 Å². The van der Waals surface area contributed by atoms with Crippen molar-refractivity contribution in [1.82, 2.24) is 9.62 Å². The third-order valence-corrected chi connectivity index (χ3v) is 9.29. The van der Waals surface area contributed by atoms with Crippen molar-refractivity contribution >= 4 is 21.6 Å². The van der Waals surface area contributed by atoms with Crippen LogP contribution in [0.2, 0.25) is 0 Å². The SMILES string of the molecule is CC1CCCC(NCC(=O)N2CCCc3cc(S(=O)(=O)N4CCCC4)ccc32)C1C. The van der Waals surface area contributed by atoms with Gasteiger partial charge >= 0.3 is 0 Å². The minimum Gasteiger partial charge on any atom is -0.311 e. The highest BCUT2D eigenvalue weighted by atomic mass is 32.2. The first-order valence-electron chi connectivity index (χ1n) is 11.5. The summed E-state index contributed by atoms with van der Waals surface area (Å²) in [6.07, 6.45) is 7.16. The lowest BCUT2D eigenvalue weighted by Crippen LogP contribution is -2.47. The van der Waals surface area contributed by atoms with Crippen LogP contribution >= 0.6 is 0 Å². The quantitative estimate of drug-likeness (QED) is 0.774. The average Bonchev–Trinajstić information content (AvgIpc) is 3.29. The molecule has 2 aliphatic heterocycles. The number of aryl methyl sites for hydroxylation is 1. The van der Waals surface area contributed by atoms with Crippen molar-refractivity contribution in [1.29, 1.82) is 0 Å². The van der Waals surface area contributed by atoms with Crippen LogP contribution in [0.1, 0.15) is 57.9 Å². The molecule has 1 N–H and O–H groups in total. The highest BCUT2D eigenvalue weighted by Crippen LogP contribution is 2.32. The topological polar surface area (TPSA) is 69.7 Å². The van der Waals surface area contributed by atoms with Crippen LogP contribution in [-0.4, -0.2) is 50.9 Å². The molecule has 3 atom stereocenters. The van der Waals surface area contributed by atoms with Crippen molar-refractivity contribution in [2.75, 3.05) is 31.1 Å². The third-order valence-electron chi connectivity index (χ3n) is 7.40. The first kappa shape index (κ1) is 21.8. The van der Waals surface area contributed by atoms with Crippen LogP contribution < -0.4 is 10.2 Å². The monoisotopic (exact) mass is 433 g/mol. The van der Waals surface area contributed by atoms with E-state index in [1.54, 1.807) is 16.4 Å². The molecule has 30 heavy (non-hydrogen) atoms. The second kappa shape index (κ2) is 8.97. The maximum Gasteiger partial charge on any atom is 0.243 e. The lowest BCUT2D eigenvalue weighted by atomic mass is 9.78. The molecule has 0 radical (unpaired) electrons. The van der Waals surface area contributed by atoms with Gasteiger partial charge in [0.25, 0.3) is 0 Å². The molecule has 0 aromatic heterocycles. The maximum absolute atomic E-state index is 13.0. The standard InChI is InChI=1S/C23H35N3O3S/c1-17-7-5-9-21(18(17)2)24-16-23(27)26-14-6-8-19-15-20(10-11-22(19)26)30(28,29)25-12-3-4-13-25/h10-11,15,17-18,21,24H,3-9,12-14,16H2,1-2H3. The summed E-state index contributed by atoms with van der Waals surface area (Å²) in [5, 5.41) is 3.51. The molecule has 1 saturated carbocycles. The van der Waals surface area contributed by atoms with E-state index in [-0.39, 0.29) is 5.91 Å². The van der Waals surface area contributed by atoms with Crippen molar-refractivity contribution in [2.45, 2.75) is 69.7 Å². The van der Waals surface area contributed by atoms with E-state index in [9.17, 15) is 13.2 Å². The van der Waals surface area contributed by atoms with Gasteiger partial charge in [0.2, 0.25) is 15.9 Å². The summed E-state index contributed by atoms with van der Waals surface area (Å²) in [6.45, 7) is 6.83. The number of rotatable bonds is 5. The summed E-state index contributed by atoms with van der Waals surface area (Å²) in [5.41, 5.74) is 1.84. The van der Waals surface area contributed by atoms with E-state index in [4.69, 9.17) is 0 Å². The van der Waals surface area contributed by atoms with Gasteiger partial charge in [-0.05, 0) is 67.7 Å². The van der Waals surface area contributed by atoms with Gasteiger partial charge in [-0.3, -0.25) is 4.79 Å². The summed E-state index contributed by atoms with van der Waals surface area (Å²) < 4.78 is 27.4. The van der Waals surface area contributed by atoms with Gasteiger partial charge < -0.3 is 10.2 Å². The fourth-order valence-electron chi connectivity index (χ4n) is 5.25. The Kier molecular flexibility index (Phi) is 6.51. The molecule has 3 unspecified atom stereocenters. The Bertz CT molecular complexity index is 880. The van der Waals surface area contributed by atoms with Gasteiger partial charge in [-0.15, -0.1) is 0 Å². The molecular formula is C23H35N3O3S. The molecule has 4 rings (SSSR count). The summed E-state index contributed by atoms with van der Waals surface area (Å²) in [7, 11) is -3.43. The number of sulfonamides is 1. The lowest BCUT2D eigenvalue weighted by Gasteiger charge is -2.36. The second-order valence-corrected chi connectivity index (χ2v) is 11.2. The summed E-state index contributed by atoms with van der Waals surface area (Å²) in [4.78, 5) is 15.2. The van der Waals surface area contributed by atoms with Crippen LogP contribution in [-0.2, 0) is 21.2 Å². The zero-order valence-electron chi connectivity index (χ0n) is 18.3. The summed E-state index contributed by atoms with van der Waals surface area (Å²) in [6, 6.07) is 5.70. The number of hydrogen-bond acceptors (Lipinski definition) is 4. The van der Waals surface area contributed by atoms with E-state index in [1.165, 1.54) is 12.8 Å². The van der Waals surface area contributed by atoms with Crippen molar-refractivity contribution in [3.8, 4) is 0 Å². The molecule has 1 saturated heterocycles. The first-order valence-corrected chi connectivity index (χ1v) is 13.0. The number of benzene rings is 1. The molecule has 1 aliphatic carbocycles. The zero-order valence-corrected chi connectivity index (χ0v) is 19.1. The Hall–Kier alpha value is -1.44. The number of nitrogens with zero attached hydrogens (tertiary/aromatic N) is 2. The van der Waals surface area contributed by atoms with E-state index >= 15 is 0 Å². The molecule has 0 bridgehead atoms. The van der Waals surface area contributed by atoms with E-state index in [0.717, 1.165) is 43.4 Å². The van der Waals surface area contributed by atoms with Crippen molar-refractivity contribution in [3.05, 3.63) is 23.8 Å². The Balaban J connectivity index is 1.46. The first-order chi connectivity index (χ1) is 14.4. The Labute approximate surface area is 181 Å². The highest BCUT2D eigenvalue weighted by Gasteiger charge is 2.31. The fraction of sp³-hybridized carbons (Fsp3) is 0.696. The number of anilines is 1. The minimum absolute atomic E-state index is 0.0801. The average molecular weight is 434 g/mol. The number of fused-ring (bicyclic) bond motifs is 1.